The monoisotopic (exact) mass is 301 g/mol. The molecule has 17 heavy (non-hydrogen) atoms. The zero-order valence-electron chi connectivity index (χ0n) is 9.20. The summed E-state index contributed by atoms with van der Waals surface area (Å²) < 4.78 is 14.0. The molecule has 92 valence electrons. The molecule has 1 aromatic carbocycles. The van der Waals surface area contributed by atoms with Crippen molar-refractivity contribution in [2.45, 2.75) is 13.0 Å². The fraction of sp³-hybridized carbons (Fsp3) is 0.417. The molecule has 1 N–H and O–H groups in total. The van der Waals surface area contributed by atoms with E-state index in [1.165, 1.54) is 12.1 Å². The van der Waals surface area contributed by atoms with Crippen LogP contribution in [0.15, 0.2) is 22.7 Å². The first kappa shape index (κ1) is 12.5. The average Bonchev–Trinajstić information content (AvgIpc) is 2.72. The second-order valence-corrected chi connectivity index (χ2v) is 5.15. The zero-order valence-corrected chi connectivity index (χ0v) is 10.8. The number of carboxylic acid groups (broad SMARTS) is 1. The van der Waals surface area contributed by atoms with Crippen molar-refractivity contribution in [1.29, 1.82) is 0 Å². The Bertz CT molecular complexity index is 439. The van der Waals surface area contributed by atoms with Crippen molar-refractivity contribution in [1.82, 2.24) is 4.90 Å². The summed E-state index contributed by atoms with van der Waals surface area (Å²) in [5.41, 5.74) is 0.857. The fourth-order valence-corrected chi connectivity index (χ4v) is 2.46. The van der Waals surface area contributed by atoms with E-state index < -0.39 is 5.97 Å². The number of carbonyl (C=O) groups is 1. The van der Waals surface area contributed by atoms with Crippen molar-refractivity contribution in [2.75, 3.05) is 13.1 Å². The second kappa shape index (κ2) is 5.14. The third kappa shape index (κ3) is 3.04. The van der Waals surface area contributed by atoms with Crippen molar-refractivity contribution >= 4 is 21.9 Å². The van der Waals surface area contributed by atoms with Crippen LogP contribution in [0.2, 0.25) is 0 Å². The molecule has 1 fully saturated rings. The summed E-state index contributed by atoms with van der Waals surface area (Å²) in [6.07, 6.45) is 0.669. The Kier molecular flexibility index (Phi) is 3.79. The van der Waals surface area contributed by atoms with E-state index in [2.05, 4.69) is 15.9 Å². The van der Waals surface area contributed by atoms with Crippen molar-refractivity contribution in [3.8, 4) is 0 Å². The number of carboxylic acids is 1. The molecule has 0 saturated carbocycles. The van der Waals surface area contributed by atoms with Crippen LogP contribution in [0, 0.1) is 11.7 Å². The highest BCUT2D eigenvalue weighted by molar-refractivity contribution is 9.10. The highest BCUT2D eigenvalue weighted by atomic mass is 79.9. The Labute approximate surface area is 107 Å². The van der Waals surface area contributed by atoms with Crippen LogP contribution in [0.4, 0.5) is 4.39 Å². The summed E-state index contributed by atoms with van der Waals surface area (Å²) in [5, 5.41) is 8.90. The van der Waals surface area contributed by atoms with Gasteiger partial charge in [-0.2, -0.15) is 0 Å². The molecule has 0 spiro atoms. The molecule has 1 saturated heterocycles. The lowest BCUT2D eigenvalue weighted by atomic mass is 10.1. The molecule has 0 aliphatic carbocycles. The molecule has 5 heteroatoms. The van der Waals surface area contributed by atoms with E-state index in [-0.39, 0.29) is 11.7 Å². The van der Waals surface area contributed by atoms with E-state index >= 15 is 0 Å². The number of rotatable bonds is 3. The molecular weight excluding hydrogens is 289 g/mol. The van der Waals surface area contributed by atoms with Crippen LogP contribution in [0.5, 0.6) is 0 Å². The minimum absolute atomic E-state index is 0.266. The van der Waals surface area contributed by atoms with Crippen molar-refractivity contribution in [3.05, 3.63) is 34.1 Å². The summed E-state index contributed by atoms with van der Waals surface area (Å²) >= 11 is 3.37. The quantitative estimate of drug-likeness (QED) is 0.932. The Morgan fingerprint density at radius 3 is 3.00 bits per heavy atom. The lowest BCUT2D eigenvalue weighted by Gasteiger charge is -2.16. The number of nitrogens with zero attached hydrogens (tertiary/aromatic N) is 1. The number of hydrogen-bond acceptors (Lipinski definition) is 2. The topological polar surface area (TPSA) is 40.5 Å². The SMILES string of the molecule is O=C(O)C1CCN(Cc2cc(F)ccc2Br)C1. The first-order valence-corrected chi connectivity index (χ1v) is 6.24. The summed E-state index contributed by atoms with van der Waals surface area (Å²) in [5.74, 6) is -1.30. The van der Waals surface area contributed by atoms with E-state index in [0.717, 1.165) is 16.6 Å². The maximum atomic E-state index is 13.1. The third-order valence-electron chi connectivity index (χ3n) is 3.02. The average molecular weight is 302 g/mol. The van der Waals surface area contributed by atoms with Crippen LogP contribution >= 0.6 is 15.9 Å². The van der Waals surface area contributed by atoms with Gasteiger partial charge in [-0.3, -0.25) is 9.69 Å². The molecule has 1 aliphatic heterocycles. The predicted octanol–water partition coefficient (Wildman–Crippen LogP) is 2.49. The Morgan fingerprint density at radius 2 is 2.35 bits per heavy atom. The van der Waals surface area contributed by atoms with E-state index in [1.807, 2.05) is 4.90 Å². The third-order valence-corrected chi connectivity index (χ3v) is 3.80. The molecule has 0 bridgehead atoms. The first-order valence-electron chi connectivity index (χ1n) is 5.45. The lowest BCUT2D eigenvalue weighted by Crippen LogP contribution is -2.23. The minimum atomic E-state index is -0.745. The minimum Gasteiger partial charge on any atom is -0.481 e. The maximum Gasteiger partial charge on any atom is 0.307 e. The van der Waals surface area contributed by atoms with Crippen LogP contribution in [-0.4, -0.2) is 29.1 Å². The molecular formula is C12H13BrFNO2. The van der Waals surface area contributed by atoms with Gasteiger partial charge in [0.25, 0.3) is 0 Å². The van der Waals surface area contributed by atoms with Gasteiger partial charge in [-0.1, -0.05) is 15.9 Å². The molecule has 1 aliphatic rings. The van der Waals surface area contributed by atoms with Gasteiger partial charge in [0, 0.05) is 17.6 Å². The number of benzene rings is 1. The Morgan fingerprint density at radius 1 is 1.59 bits per heavy atom. The van der Waals surface area contributed by atoms with Crippen LogP contribution < -0.4 is 0 Å². The molecule has 1 aromatic rings. The highest BCUT2D eigenvalue weighted by Gasteiger charge is 2.28. The van der Waals surface area contributed by atoms with Gasteiger partial charge in [-0.25, -0.2) is 4.39 Å². The number of likely N-dealkylation sites (tertiary alicyclic amines) is 1. The summed E-state index contributed by atoms with van der Waals surface area (Å²) in [7, 11) is 0. The maximum absolute atomic E-state index is 13.1. The normalized spacial score (nSPS) is 20.7. The van der Waals surface area contributed by atoms with Crippen LogP contribution in [0.1, 0.15) is 12.0 Å². The molecule has 1 unspecified atom stereocenters. The smallest absolute Gasteiger partial charge is 0.307 e. The van der Waals surface area contributed by atoms with Gasteiger partial charge in [0.15, 0.2) is 0 Å². The van der Waals surface area contributed by atoms with Gasteiger partial charge >= 0.3 is 5.97 Å². The molecule has 1 heterocycles. The highest BCUT2D eigenvalue weighted by Crippen LogP contribution is 2.23. The number of halogens is 2. The molecule has 0 amide bonds. The van der Waals surface area contributed by atoms with E-state index in [4.69, 9.17) is 5.11 Å². The van der Waals surface area contributed by atoms with Crippen LogP contribution in [-0.2, 0) is 11.3 Å². The van der Waals surface area contributed by atoms with E-state index in [1.54, 1.807) is 6.07 Å². The largest absolute Gasteiger partial charge is 0.481 e. The number of hydrogen-bond donors (Lipinski definition) is 1. The molecule has 3 nitrogen and oxygen atoms in total. The van der Waals surface area contributed by atoms with Gasteiger partial charge in [-0.05, 0) is 36.7 Å². The Hall–Kier alpha value is -0.940. The molecule has 0 radical (unpaired) electrons. The van der Waals surface area contributed by atoms with Gasteiger partial charge in [-0.15, -0.1) is 0 Å². The molecule has 0 aromatic heterocycles. The molecule has 2 rings (SSSR count). The lowest BCUT2D eigenvalue weighted by molar-refractivity contribution is -0.141. The fourth-order valence-electron chi connectivity index (χ4n) is 2.08. The predicted molar refractivity (Wildman–Crippen MR) is 65.1 cm³/mol. The Balaban J connectivity index is 2.02. The summed E-state index contributed by atoms with van der Waals surface area (Å²) in [6, 6.07) is 4.56. The van der Waals surface area contributed by atoms with Crippen LogP contribution in [0.25, 0.3) is 0 Å². The standard InChI is InChI=1S/C12H13BrFNO2/c13-11-2-1-10(14)5-9(11)7-15-4-3-8(6-15)12(16)17/h1-2,5,8H,3-4,6-7H2,(H,16,17). The van der Waals surface area contributed by atoms with E-state index in [9.17, 15) is 9.18 Å². The summed E-state index contributed by atoms with van der Waals surface area (Å²) in [6.45, 7) is 1.88. The second-order valence-electron chi connectivity index (χ2n) is 4.29. The van der Waals surface area contributed by atoms with Gasteiger partial charge < -0.3 is 5.11 Å². The zero-order chi connectivity index (χ0) is 12.4. The summed E-state index contributed by atoms with van der Waals surface area (Å²) in [4.78, 5) is 12.9. The van der Waals surface area contributed by atoms with Crippen molar-refractivity contribution in [2.24, 2.45) is 5.92 Å². The van der Waals surface area contributed by atoms with Crippen molar-refractivity contribution in [3.63, 3.8) is 0 Å². The first-order chi connectivity index (χ1) is 8.06. The van der Waals surface area contributed by atoms with Gasteiger partial charge in [0.2, 0.25) is 0 Å². The van der Waals surface area contributed by atoms with Crippen LogP contribution in [0.3, 0.4) is 0 Å². The van der Waals surface area contributed by atoms with Gasteiger partial charge in [0.05, 0.1) is 5.92 Å². The number of aliphatic carboxylic acids is 1. The van der Waals surface area contributed by atoms with Gasteiger partial charge in [0.1, 0.15) is 5.82 Å². The molecule has 1 atom stereocenters. The van der Waals surface area contributed by atoms with Crippen molar-refractivity contribution < 1.29 is 14.3 Å². The van der Waals surface area contributed by atoms with E-state index in [0.29, 0.717) is 19.5 Å².